The molecule has 1 aliphatic rings. The van der Waals surface area contributed by atoms with Gasteiger partial charge in [0.25, 0.3) is 0 Å². The first-order valence-electron chi connectivity index (χ1n) is 7.22. The fourth-order valence-corrected chi connectivity index (χ4v) is 2.79. The molecule has 0 bridgehead atoms. The summed E-state index contributed by atoms with van der Waals surface area (Å²) in [4.78, 5) is 11.9. The van der Waals surface area contributed by atoms with Crippen LogP contribution in [-0.2, 0) is 9.53 Å². The van der Waals surface area contributed by atoms with Crippen molar-refractivity contribution in [2.75, 3.05) is 5.73 Å². The molecule has 4 heteroatoms. The summed E-state index contributed by atoms with van der Waals surface area (Å²) in [6, 6.07) is 5.02. The minimum absolute atomic E-state index is 0.00715. The average molecular weight is 279 g/mol. The lowest BCUT2D eigenvalue weighted by atomic mass is 9.78. The molecule has 1 aliphatic carbocycles. The number of nitrogens with two attached hydrogens (primary N) is 1. The van der Waals surface area contributed by atoms with Crippen molar-refractivity contribution in [3.8, 4) is 0 Å². The molecule has 0 aromatic heterocycles. The normalized spacial score (nSPS) is 22.8. The standard InChI is InChI=1S/C16H22FNO2/c1-10(2)20-16(19)12-5-3-11(4-6-12)13-7-8-15(18)14(17)9-13/h7-12H,3-6,18H2,1-2H3/t11-,12+. The van der Waals surface area contributed by atoms with Crippen molar-refractivity contribution < 1.29 is 13.9 Å². The van der Waals surface area contributed by atoms with Crippen molar-refractivity contribution in [2.24, 2.45) is 5.92 Å². The van der Waals surface area contributed by atoms with Gasteiger partial charge < -0.3 is 10.5 Å². The van der Waals surface area contributed by atoms with Gasteiger partial charge in [0.05, 0.1) is 17.7 Å². The molecule has 3 nitrogen and oxygen atoms in total. The zero-order chi connectivity index (χ0) is 14.7. The third-order valence-corrected chi connectivity index (χ3v) is 3.91. The number of hydrogen-bond acceptors (Lipinski definition) is 3. The Bertz CT molecular complexity index is 479. The third kappa shape index (κ3) is 3.50. The Kier molecular flexibility index (Phi) is 4.63. The van der Waals surface area contributed by atoms with Crippen molar-refractivity contribution in [3.05, 3.63) is 29.6 Å². The van der Waals surface area contributed by atoms with Crippen LogP contribution < -0.4 is 5.73 Å². The Morgan fingerprint density at radius 3 is 2.50 bits per heavy atom. The lowest BCUT2D eigenvalue weighted by molar-refractivity contribution is -0.153. The second kappa shape index (κ2) is 6.25. The van der Waals surface area contributed by atoms with Crippen LogP contribution in [0.25, 0.3) is 0 Å². The highest BCUT2D eigenvalue weighted by molar-refractivity contribution is 5.72. The van der Waals surface area contributed by atoms with E-state index in [-0.39, 0.29) is 29.5 Å². The van der Waals surface area contributed by atoms with Crippen LogP contribution >= 0.6 is 0 Å². The predicted molar refractivity (Wildman–Crippen MR) is 76.7 cm³/mol. The molecular formula is C16H22FNO2. The minimum atomic E-state index is -0.358. The van der Waals surface area contributed by atoms with Crippen molar-refractivity contribution in [1.29, 1.82) is 0 Å². The third-order valence-electron chi connectivity index (χ3n) is 3.91. The van der Waals surface area contributed by atoms with E-state index >= 15 is 0 Å². The summed E-state index contributed by atoms with van der Waals surface area (Å²) in [6.45, 7) is 3.72. The molecular weight excluding hydrogens is 257 g/mol. The van der Waals surface area contributed by atoms with Crippen molar-refractivity contribution in [2.45, 2.75) is 51.6 Å². The number of halogens is 1. The Labute approximate surface area is 119 Å². The highest BCUT2D eigenvalue weighted by Crippen LogP contribution is 2.37. The van der Waals surface area contributed by atoms with Gasteiger partial charge in [-0.3, -0.25) is 4.79 Å². The van der Waals surface area contributed by atoms with Gasteiger partial charge in [0.15, 0.2) is 0 Å². The van der Waals surface area contributed by atoms with Crippen LogP contribution in [0.2, 0.25) is 0 Å². The first-order chi connectivity index (χ1) is 9.47. The molecule has 1 aromatic rings. The quantitative estimate of drug-likeness (QED) is 0.679. The molecule has 2 rings (SSSR count). The number of ether oxygens (including phenoxy) is 1. The smallest absolute Gasteiger partial charge is 0.309 e. The van der Waals surface area contributed by atoms with E-state index in [1.54, 1.807) is 6.07 Å². The first kappa shape index (κ1) is 14.8. The van der Waals surface area contributed by atoms with Gasteiger partial charge in [0, 0.05) is 0 Å². The highest BCUT2D eigenvalue weighted by atomic mass is 19.1. The summed E-state index contributed by atoms with van der Waals surface area (Å²) in [5.74, 6) is -0.147. The van der Waals surface area contributed by atoms with E-state index in [4.69, 9.17) is 10.5 Å². The Balaban J connectivity index is 1.94. The van der Waals surface area contributed by atoms with E-state index in [0.29, 0.717) is 5.92 Å². The maximum Gasteiger partial charge on any atom is 0.309 e. The van der Waals surface area contributed by atoms with Crippen molar-refractivity contribution >= 4 is 11.7 Å². The number of hydrogen-bond donors (Lipinski definition) is 1. The monoisotopic (exact) mass is 279 g/mol. The molecule has 0 heterocycles. The fourth-order valence-electron chi connectivity index (χ4n) is 2.79. The van der Waals surface area contributed by atoms with Crippen LogP contribution in [0.15, 0.2) is 18.2 Å². The summed E-state index contributed by atoms with van der Waals surface area (Å²) in [7, 11) is 0. The van der Waals surface area contributed by atoms with Gasteiger partial charge >= 0.3 is 5.97 Å². The molecule has 2 N–H and O–H groups in total. The van der Waals surface area contributed by atoms with Crippen LogP contribution in [0.3, 0.4) is 0 Å². The molecule has 0 spiro atoms. The maximum atomic E-state index is 13.5. The summed E-state index contributed by atoms with van der Waals surface area (Å²) in [5, 5.41) is 0. The molecule has 1 saturated carbocycles. The topological polar surface area (TPSA) is 52.3 Å². The van der Waals surface area contributed by atoms with Crippen molar-refractivity contribution in [1.82, 2.24) is 0 Å². The van der Waals surface area contributed by atoms with Gasteiger partial charge in [0.1, 0.15) is 5.82 Å². The molecule has 0 aliphatic heterocycles. The zero-order valence-electron chi connectivity index (χ0n) is 12.1. The van der Waals surface area contributed by atoms with E-state index in [0.717, 1.165) is 31.2 Å². The van der Waals surface area contributed by atoms with Crippen LogP contribution in [0.1, 0.15) is 51.0 Å². The molecule has 0 atom stereocenters. The van der Waals surface area contributed by atoms with E-state index in [1.165, 1.54) is 6.07 Å². The van der Waals surface area contributed by atoms with Crippen molar-refractivity contribution in [3.63, 3.8) is 0 Å². The number of nitrogen functional groups attached to an aromatic ring is 1. The molecule has 110 valence electrons. The number of anilines is 1. The van der Waals surface area contributed by atoms with Crippen LogP contribution in [0, 0.1) is 11.7 Å². The zero-order valence-corrected chi connectivity index (χ0v) is 12.1. The summed E-state index contributed by atoms with van der Waals surface area (Å²) in [5.41, 5.74) is 6.65. The molecule has 0 saturated heterocycles. The molecule has 20 heavy (non-hydrogen) atoms. The summed E-state index contributed by atoms with van der Waals surface area (Å²) in [6.07, 6.45) is 3.33. The van der Waals surface area contributed by atoms with Gasteiger partial charge in [0.2, 0.25) is 0 Å². The molecule has 0 radical (unpaired) electrons. The van der Waals surface area contributed by atoms with Crippen LogP contribution in [-0.4, -0.2) is 12.1 Å². The molecule has 1 aromatic carbocycles. The van der Waals surface area contributed by atoms with Gasteiger partial charge in [-0.1, -0.05) is 6.07 Å². The maximum absolute atomic E-state index is 13.5. The average Bonchev–Trinajstić information content (AvgIpc) is 2.41. The first-order valence-corrected chi connectivity index (χ1v) is 7.22. The molecule has 1 fully saturated rings. The summed E-state index contributed by atoms with van der Waals surface area (Å²) >= 11 is 0. The van der Waals surface area contributed by atoms with E-state index in [9.17, 15) is 9.18 Å². The summed E-state index contributed by atoms with van der Waals surface area (Å²) < 4.78 is 18.7. The van der Waals surface area contributed by atoms with E-state index in [2.05, 4.69) is 0 Å². The van der Waals surface area contributed by atoms with Gasteiger partial charge in [-0.15, -0.1) is 0 Å². The highest BCUT2D eigenvalue weighted by Gasteiger charge is 2.28. The lowest BCUT2D eigenvalue weighted by Gasteiger charge is -2.28. The van der Waals surface area contributed by atoms with Gasteiger partial charge in [-0.2, -0.15) is 0 Å². The van der Waals surface area contributed by atoms with Crippen LogP contribution in [0.4, 0.5) is 10.1 Å². The fraction of sp³-hybridized carbons (Fsp3) is 0.562. The van der Waals surface area contributed by atoms with Gasteiger partial charge in [-0.05, 0) is 63.1 Å². The SMILES string of the molecule is CC(C)OC(=O)[C@H]1CC[C@@H](c2ccc(N)c(F)c2)CC1. The second-order valence-corrected chi connectivity index (χ2v) is 5.82. The largest absolute Gasteiger partial charge is 0.463 e. The number of carbonyl (C=O) groups excluding carboxylic acids is 1. The molecule has 0 amide bonds. The second-order valence-electron chi connectivity index (χ2n) is 5.82. The van der Waals surface area contributed by atoms with E-state index in [1.807, 2.05) is 19.9 Å². The predicted octanol–water partition coefficient (Wildman–Crippen LogP) is 3.63. The number of rotatable bonds is 3. The van der Waals surface area contributed by atoms with Crippen LogP contribution in [0.5, 0.6) is 0 Å². The van der Waals surface area contributed by atoms with Gasteiger partial charge in [-0.25, -0.2) is 4.39 Å². The Morgan fingerprint density at radius 1 is 1.30 bits per heavy atom. The molecule has 0 unspecified atom stereocenters. The number of esters is 1. The number of benzene rings is 1. The Morgan fingerprint density at radius 2 is 1.95 bits per heavy atom. The minimum Gasteiger partial charge on any atom is -0.463 e. The number of carbonyl (C=O) groups is 1. The Hall–Kier alpha value is -1.58. The van der Waals surface area contributed by atoms with E-state index < -0.39 is 0 Å². The lowest BCUT2D eigenvalue weighted by Crippen LogP contribution is -2.25.